The van der Waals surface area contributed by atoms with Gasteiger partial charge < -0.3 is 14.4 Å². The van der Waals surface area contributed by atoms with Crippen molar-refractivity contribution < 1.29 is 37.1 Å². The van der Waals surface area contributed by atoms with Gasteiger partial charge in [0.05, 0.1) is 19.0 Å². The fourth-order valence-electron chi connectivity index (χ4n) is 4.63. The van der Waals surface area contributed by atoms with Crippen molar-refractivity contribution in [1.82, 2.24) is 15.0 Å². The zero-order valence-electron chi connectivity index (χ0n) is 30.9. The summed E-state index contributed by atoms with van der Waals surface area (Å²) < 4.78 is 65.6. The number of rotatable bonds is 3. The normalized spacial score (nSPS) is 14.3. The maximum absolute atomic E-state index is 14.2. The minimum absolute atomic E-state index is 0. The number of furan rings is 1. The molecule has 0 spiro atoms. The minimum Gasteiger partial charge on any atom is -0.486 e. The van der Waals surface area contributed by atoms with Crippen LogP contribution in [0.1, 0.15) is 45.7 Å². The topological polar surface area (TPSA) is 51.8 Å². The van der Waals surface area contributed by atoms with Crippen LogP contribution in [-0.4, -0.2) is 23.0 Å². The Kier molecular flexibility index (Phi) is 7.30. The molecular weight excluding hydrogens is 730 g/mol. The van der Waals surface area contributed by atoms with Crippen LogP contribution in [0.4, 0.5) is 4.39 Å². The third kappa shape index (κ3) is 7.01. The molecule has 223 valence electrons. The van der Waals surface area contributed by atoms with Crippen molar-refractivity contribution in [3.63, 3.8) is 0 Å². The fourth-order valence-corrected chi connectivity index (χ4v) is 5.97. The maximum Gasteiger partial charge on any atom is 0.219 e. The summed E-state index contributed by atoms with van der Waals surface area (Å²) in [6, 6.07) is 21.1. The molecule has 1 radical (unpaired) electrons. The first-order valence-electron chi connectivity index (χ1n) is 16.6. The van der Waals surface area contributed by atoms with Crippen molar-refractivity contribution in [2.75, 3.05) is 0 Å². The molecule has 4 aromatic heterocycles. The van der Waals surface area contributed by atoms with Crippen molar-refractivity contribution in [3.8, 4) is 22.5 Å². The molecule has 0 saturated heterocycles. The molecule has 0 aliphatic carbocycles. The zero-order valence-corrected chi connectivity index (χ0v) is 28.3. The van der Waals surface area contributed by atoms with E-state index in [9.17, 15) is 4.39 Å². The quantitative estimate of drug-likeness (QED) is 0.133. The van der Waals surface area contributed by atoms with Gasteiger partial charge in [0.1, 0.15) is 5.82 Å². The SMILES string of the molecule is CC(C)(C)c1ccnc(-c2[c-]ccc3c2oc2nccc(F)c23)c1.[2H]C([2H])([2H])c1c[c-]c(-c2cc(C([2H])([2H])[2H])c([Si](C)(C)C)cn2)cc1.[Ir]. The molecule has 0 saturated carbocycles. The number of nitrogens with zero attached hydrogens (tertiary/aromatic N) is 3. The largest absolute Gasteiger partial charge is 0.486 e. The summed E-state index contributed by atoms with van der Waals surface area (Å²) in [6.45, 7) is 8.28. The van der Waals surface area contributed by atoms with Crippen LogP contribution in [-0.2, 0) is 25.5 Å². The van der Waals surface area contributed by atoms with Crippen LogP contribution in [0.2, 0.25) is 19.6 Å². The van der Waals surface area contributed by atoms with Crippen LogP contribution >= 0.6 is 0 Å². The molecular formula is C36H36FIrN3OSi-2. The van der Waals surface area contributed by atoms with Gasteiger partial charge in [0.2, 0.25) is 5.71 Å². The number of pyridine rings is 3. The van der Waals surface area contributed by atoms with Crippen LogP contribution in [0.3, 0.4) is 0 Å². The first kappa shape index (κ1) is 24.9. The van der Waals surface area contributed by atoms with Crippen molar-refractivity contribution in [1.29, 1.82) is 0 Å². The summed E-state index contributed by atoms with van der Waals surface area (Å²) in [5.74, 6) is -0.340. The smallest absolute Gasteiger partial charge is 0.219 e. The molecule has 4 heterocycles. The molecule has 4 nitrogen and oxygen atoms in total. The average Bonchev–Trinajstić information content (AvgIpc) is 3.40. The van der Waals surface area contributed by atoms with Crippen LogP contribution in [0, 0.1) is 31.7 Å². The molecule has 0 aliphatic heterocycles. The number of fused-ring (bicyclic) bond motifs is 3. The number of aromatic nitrogens is 3. The Balaban J connectivity index is 0.000000216. The van der Waals surface area contributed by atoms with Crippen molar-refractivity contribution in [3.05, 3.63) is 108 Å². The van der Waals surface area contributed by atoms with Crippen LogP contribution in [0.5, 0.6) is 0 Å². The van der Waals surface area contributed by atoms with Gasteiger partial charge in [-0.1, -0.05) is 75.9 Å². The van der Waals surface area contributed by atoms with Gasteiger partial charge in [0, 0.05) is 46.9 Å². The number of aryl methyl sites for hydroxylation is 2. The van der Waals surface area contributed by atoms with E-state index in [1.54, 1.807) is 36.7 Å². The molecule has 0 amide bonds. The second-order valence-corrected chi connectivity index (χ2v) is 17.2. The summed E-state index contributed by atoms with van der Waals surface area (Å²) in [7, 11) is -1.85. The van der Waals surface area contributed by atoms with Gasteiger partial charge in [-0.05, 0) is 46.5 Å². The van der Waals surface area contributed by atoms with E-state index < -0.39 is 21.8 Å². The van der Waals surface area contributed by atoms with E-state index in [2.05, 4.69) is 67.5 Å². The molecule has 0 atom stereocenters. The second-order valence-electron chi connectivity index (χ2n) is 12.2. The predicted molar refractivity (Wildman–Crippen MR) is 173 cm³/mol. The Morgan fingerprint density at radius 1 is 0.907 bits per heavy atom. The van der Waals surface area contributed by atoms with Gasteiger partial charge in [-0.25, -0.2) is 9.37 Å². The van der Waals surface area contributed by atoms with Crippen LogP contribution in [0.25, 0.3) is 44.6 Å². The molecule has 0 fully saturated rings. The van der Waals surface area contributed by atoms with E-state index in [1.165, 1.54) is 30.0 Å². The summed E-state index contributed by atoms with van der Waals surface area (Å²) in [5, 5.41) is 1.90. The van der Waals surface area contributed by atoms with E-state index in [0.29, 0.717) is 33.2 Å². The first-order chi connectivity index (χ1) is 22.2. The van der Waals surface area contributed by atoms with Gasteiger partial charge >= 0.3 is 0 Å². The first-order valence-corrected chi connectivity index (χ1v) is 17.1. The molecule has 6 aromatic rings. The van der Waals surface area contributed by atoms with Crippen molar-refractivity contribution in [2.45, 2.75) is 59.5 Å². The van der Waals surface area contributed by atoms with E-state index in [4.69, 9.17) is 12.6 Å². The second kappa shape index (κ2) is 12.6. The molecule has 0 aliphatic rings. The van der Waals surface area contributed by atoms with Crippen LogP contribution in [0.15, 0.2) is 77.6 Å². The number of halogens is 1. The number of hydrogen-bond acceptors (Lipinski definition) is 4. The molecule has 0 N–H and O–H groups in total. The third-order valence-electron chi connectivity index (χ3n) is 6.97. The average molecular weight is 772 g/mol. The number of hydrogen-bond donors (Lipinski definition) is 0. The Hall–Kier alpha value is -3.51. The molecule has 0 unspecified atom stereocenters. The summed E-state index contributed by atoms with van der Waals surface area (Å²) in [6.07, 6.45) is 4.83. The summed E-state index contributed by atoms with van der Waals surface area (Å²) in [4.78, 5) is 13.0. The molecule has 7 heteroatoms. The Bertz CT molecular complexity index is 2100. The van der Waals surface area contributed by atoms with Crippen molar-refractivity contribution >= 4 is 35.3 Å². The van der Waals surface area contributed by atoms with Gasteiger partial charge in [-0.3, -0.25) is 0 Å². The maximum atomic E-state index is 14.2. The molecule has 2 aromatic carbocycles. The van der Waals surface area contributed by atoms with E-state index >= 15 is 0 Å². The van der Waals surface area contributed by atoms with E-state index in [1.807, 2.05) is 12.1 Å². The Morgan fingerprint density at radius 3 is 2.37 bits per heavy atom. The summed E-state index contributed by atoms with van der Waals surface area (Å²) >= 11 is 0. The van der Waals surface area contributed by atoms with Gasteiger partial charge in [0.25, 0.3) is 0 Å². The van der Waals surface area contributed by atoms with Crippen LogP contribution < -0.4 is 5.19 Å². The van der Waals surface area contributed by atoms with E-state index in [0.717, 1.165) is 16.4 Å². The monoisotopic (exact) mass is 772 g/mol. The molecule has 0 bridgehead atoms. The third-order valence-corrected chi connectivity index (χ3v) is 8.98. The van der Waals surface area contributed by atoms with E-state index in [-0.39, 0.29) is 42.6 Å². The van der Waals surface area contributed by atoms with Gasteiger partial charge in [-0.15, -0.1) is 53.6 Å². The molecule has 43 heavy (non-hydrogen) atoms. The molecule has 6 rings (SSSR count). The van der Waals surface area contributed by atoms with Crippen molar-refractivity contribution in [2.24, 2.45) is 0 Å². The Morgan fingerprint density at radius 2 is 1.70 bits per heavy atom. The van der Waals surface area contributed by atoms with Gasteiger partial charge in [-0.2, -0.15) is 0 Å². The minimum atomic E-state index is -2.22. The number of benzene rings is 2. The predicted octanol–water partition coefficient (Wildman–Crippen LogP) is 8.99. The summed E-state index contributed by atoms with van der Waals surface area (Å²) in [5.41, 5.74) is 5.08. The zero-order chi connectivity index (χ0) is 35.2. The standard InChI is InChI=1S/C20H16FN2O.C16H20NSi.Ir/c1-20(2,3)12-7-9-22-16(11-12)13-5-4-6-14-17-15(21)8-10-23-19(17)24-18(13)14;1-12-6-8-14(9-7-12)15-10-13(2)16(11-17-15)18(3,4)5;/h4,6-11H,1-3H3;6-8,10-11H,1-5H3;/q2*-1;/i;1D3,2D3;. The fraction of sp³-hybridized carbons (Fsp3) is 0.250. The Labute approximate surface area is 276 Å². The van der Waals surface area contributed by atoms with Gasteiger partial charge in [0.15, 0.2) is 0 Å².